The number of ether oxygens (including phenoxy) is 2. The molecule has 0 heterocycles. The predicted octanol–water partition coefficient (Wildman–Crippen LogP) is 5.03. The summed E-state index contributed by atoms with van der Waals surface area (Å²) in [4.78, 5) is 13.6. The van der Waals surface area contributed by atoms with Crippen molar-refractivity contribution in [1.29, 1.82) is 0 Å². The fourth-order valence-corrected chi connectivity index (χ4v) is 4.46. The Kier molecular flexibility index (Phi) is 3.44. The third-order valence-corrected chi connectivity index (χ3v) is 5.59. The van der Waals surface area contributed by atoms with Gasteiger partial charge in [-0.2, -0.15) is 0 Å². The Morgan fingerprint density at radius 1 is 0.667 bits per heavy atom. The van der Waals surface area contributed by atoms with Gasteiger partial charge < -0.3 is 9.47 Å². The van der Waals surface area contributed by atoms with Crippen LogP contribution in [0.5, 0.6) is 0 Å². The van der Waals surface area contributed by atoms with Crippen molar-refractivity contribution in [3.63, 3.8) is 0 Å². The summed E-state index contributed by atoms with van der Waals surface area (Å²) in [7, 11) is 3.26. The summed E-state index contributed by atoms with van der Waals surface area (Å²) in [6.07, 6.45) is 0. The van der Waals surface area contributed by atoms with E-state index in [1.807, 2.05) is 60.7 Å². The summed E-state index contributed by atoms with van der Waals surface area (Å²) < 4.78 is 12.0. The lowest BCUT2D eigenvalue weighted by Gasteiger charge is -2.39. The number of methoxy groups -OCH3 is 2. The molecule has 0 saturated carbocycles. The monoisotopic (exact) mass is 354 g/mol. The first-order valence-electron chi connectivity index (χ1n) is 8.91. The van der Waals surface area contributed by atoms with Crippen molar-refractivity contribution in [3.8, 4) is 0 Å². The molecule has 0 radical (unpaired) electrons. The number of hydrogen-bond donors (Lipinski definition) is 0. The first-order chi connectivity index (χ1) is 13.2. The molecule has 0 bridgehead atoms. The lowest BCUT2D eigenvalue weighted by Crippen LogP contribution is -2.39. The second-order valence-electron chi connectivity index (χ2n) is 6.74. The largest absolute Gasteiger partial charge is 0.346 e. The van der Waals surface area contributed by atoms with E-state index in [-0.39, 0.29) is 5.78 Å². The molecule has 0 aromatic heterocycles. The summed E-state index contributed by atoms with van der Waals surface area (Å²) in [6, 6.07) is 23.7. The molecule has 1 aliphatic carbocycles. The molecule has 0 unspecified atom stereocenters. The van der Waals surface area contributed by atoms with Gasteiger partial charge in [0.25, 0.3) is 0 Å². The van der Waals surface area contributed by atoms with E-state index in [9.17, 15) is 4.79 Å². The fourth-order valence-electron chi connectivity index (χ4n) is 4.46. The van der Waals surface area contributed by atoms with Crippen LogP contribution in [0.25, 0.3) is 21.5 Å². The molecule has 0 amide bonds. The van der Waals surface area contributed by atoms with Gasteiger partial charge >= 0.3 is 0 Å². The van der Waals surface area contributed by atoms with Gasteiger partial charge in [0.1, 0.15) is 0 Å². The molecule has 0 atom stereocenters. The summed E-state index contributed by atoms with van der Waals surface area (Å²) >= 11 is 0. The molecule has 4 aromatic rings. The van der Waals surface area contributed by atoms with Crippen LogP contribution in [0.4, 0.5) is 0 Å². The molecule has 1 aliphatic rings. The number of carbonyl (C=O) groups excluding carboxylic acids is 1. The molecule has 4 aromatic carbocycles. The van der Waals surface area contributed by atoms with E-state index in [1.54, 1.807) is 14.2 Å². The molecular weight excluding hydrogens is 336 g/mol. The SMILES string of the molecule is COC1(OC)c2ccccc2C(=O)c2c1c1ccccc1c1ccccc21. The van der Waals surface area contributed by atoms with Crippen molar-refractivity contribution < 1.29 is 14.3 Å². The van der Waals surface area contributed by atoms with Crippen molar-refractivity contribution in [2.24, 2.45) is 0 Å². The van der Waals surface area contributed by atoms with Crippen LogP contribution >= 0.6 is 0 Å². The topological polar surface area (TPSA) is 35.5 Å². The third kappa shape index (κ3) is 1.95. The standard InChI is InChI=1S/C24H18O3/c1-26-24(27-2)20-14-8-7-13-19(20)23(25)21-17-11-5-3-9-15(17)16-10-4-6-12-18(16)22(21)24/h3-14H,1-2H3. The molecule has 0 aliphatic heterocycles. The van der Waals surface area contributed by atoms with E-state index in [2.05, 4.69) is 12.1 Å². The van der Waals surface area contributed by atoms with Gasteiger partial charge in [0.2, 0.25) is 5.79 Å². The first-order valence-corrected chi connectivity index (χ1v) is 8.91. The quantitative estimate of drug-likeness (QED) is 0.374. The highest BCUT2D eigenvalue weighted by atomic mass is 16.7. The van der Waals surface area contributed by atoms with Crippen LogP contribution in [-0.4, -0.2) is 20.0 Å². The van der Waals surface area contributed by atoms with Crippen molar-refractivity contribution in [3.05, 3.63) is 95.1 Å². The minimum atomic E-state index is -1.14. The molecule has 5 rings (SSSR count). The number of hydrogen-bond acceptors (Lipinski definition) is 3. The van der Waals surface area contributed by atoms with Crippen LogP contribution in [0, 0.1) is 0 Å². The third-order valence-electron chi connectivity index (χ3n) is 5.59. The second kappa shape index (κ2) is 5.74. The normalized spacial score (nSPS) is 15.0. The maximum absolute atomic E-state index is 13.6. The zero-order valence-electron chi connectivity index (χ0n) is 15.2. The lowest BCUT2D eigenvalue weighted by atomic mass is 9.76. The second-order valence-corrected chi connectivity index (χ2v) is 6.74. The Labute approximate surface area is 157 Å². The Balaban J connectivity index is 2.09. The summed E-state index contributed by atoms with van der Waals surface area (Å²) in [5.74, 6) is -1.13. The van der Waals surface area contributed by atoms with Crippen molar-refractivity contribution in [2.45, 2.75) is 5.79 Å². The molecule has 132 valence electrons. The lowest BCUT2D eigenvalue weighted by molar-refractivity contribution is -0.183. The number of rotatable bonds is 2. The number of ketones is 1. The highest BCUT2D eigenvalue weighted by molar-refractivity contribution is 6.25. The highest BCUT2D eigenvalue weighted by Gasteiger charge is 2.46. The fraction of sp³-hybridized carbons (Fsp3) is 0.125. The Morgan fingerprint density at radius 3 is 1.85 bits per heavy atom. The van der Waals surface area contributed by atoms with Crippen molar-refractivity contribution >= 4 is 27.3 Å². The van der Waals surface area contributed by atoms with E-state index < -0.39 is 5.79 Å². The van der Waals surface area contributed by atoms with Gasteiger partial charge in [-0.1, -0.05) is 72.8 Å². The average Bonchev–Trinajstić information content (AvgIpc) is 2.74. The molecule has 0 N–H and O–H groups in total. The number of fused-ring (bicyclic) bond motifs is 7. The van der Waals surface area contributed by atoms with Gasteiger partial charge in [0.15, 0.2) is 5.78 Å². The molecule has 3 nitrogen and oxygen atoms in total. The van der Waals surface area contributed by atoms with Gasteiger partial charge in [-0.05, 0) is 21.5 Å². The van der Waals surface area contributed by atoms with Crippen LogP contribution in [0.1, 0.15) is 27.0 Å². The predicted molar refractivity (Wildman–Crippen MR) is 106 cm³/mol. The Hall–Kier alpha value is -3.01. The maximum Gasteiger partial charge on any atom is 0.223 e. The first kappa shape index (κ1) is 16.2. The van der Waals surface area contributed by atoms with Crippen LogP contribution in [-0.2, 0) is 15.3 Å². The maximum atomic E-state index is 13.6. The zero-order valence-corrected chi connectivity index (χ0v) is 15.2. The van der Waals surface area contributed by atoms with Gasteiger partial charge in [-0.3, -0.25) is 4.79 Å². The highest BCUT2D eigenvalue weighted by Crippen LogP contribution is 2.48. The van der Waals surface area contributed by atoms with Crippen LogP contribution < -0.4 is 0 Å². The minimum Gasteiger partial charge on any atom is -0.346 e. The summed E-state index contributed by atoms with van der Waals surface area (Å²) in [5, 5.41) is 4.03. The van der Waals surface area contributed by atoms with Crippen molar-refractivity contribution in [2.75, 3.05) is 14.2 Å². The zero-order chi connectivity index (χ0) is 18.6. The summed E-state index contributed by atoms with van der Waals surface area (Å²) in [5.41, 5.74) is 2.80. The summed E-state index contributed by atoms with van der Waals surface area (Å²) in [6.45, 7) is 0. The van der Waals surface area contributed by atoms with Gasteiger partial charge in [0, 0.05) is 36.5 Å². The van der Waals surface area contributed by atoms with Crippen LogP contribution in [0.3, 0.4) is 0 Å². The molecule has 27 heavy (non-hydrogen) atoms. The van der Waals surface area contributed by atoms with Crippen LogP contribution in [0.15, 0.2) is 72.8 Å². The number of carbonyl (C=O) groups is 1. The van der Waals surface area contributed by atoms with E-state index in [1.165, 1.54) is 0 Å². The molecule has 0 fully saturated rings. The van der Waals surface area contributed by atoms with Crippen LogP contribution in [0.2, 0.25) is 0 Å². The number of benzene rings is 4. The molecule has 0 saturated heterocycles. The van der Waals surface area contributed by atoms with Gasteiger partial charge in [0.05, 0.1) is 0 Å². The average molecular weight is 354 g/mol. The van der Waals surface area contributed by atoms with E-state index >= 15 is 0 Å². The Bertz CT molecular complexity index is 1220. The molecular formula is C24H18O3. The molecule has 0 spiro atoms. The van der Waals surface area contributed by atoms with Gasteiger partial charge in [-0.25, -0.2) is 0 Å². The van der Waals surface area contributed by atoms with Gasteiger partial charge in [-0.15, -0.1) is 0 Å². The smallest absolute Gasteiger partial charge is 0.223 e. The minimum absolute atomic E-state index is 0.00674. The Morgan fingerprint density at radius 2 is 1.19 bits per heavy atom. The van der Waals surface area contributed by atoms with E-state index in [0.29, 0.717) is 11.1 Å². The van der Waals surface area contributed by atoms with E-state index in [0.717, 1.165) is 32.7 Å². The molecule has 3 heteroatoms. The van der Waals surface area contributed by atoms with Crippen molar-refractivity contribution in [1.82, 2.24) is 0 Å². The van der Waals surface area contributed by atoms with E-state index in [4.69, 9.17) is 9.47 Å².